The molecule has 8 nitrogen and oxygen atoms in total. The van der Waals surface area contributed by atoms with E-state index >= 15 is 0 Å². The summed E-state index contributed by atoms with van der Waals surface area (Å²) in [6.45, 7) is 4.74. The summed E-state index contributed by atoms with van der Waals surface area (Å²) in [6, 6.07) is 0. The Kier molecular flexibility index (Phi) is 4.52. The van der Waals surface area contributed by atoms with E-state index in [0.29, 0.717) is 45.0 Å². The van der Waals surface area contributed by atoms with E-state index in [1.54, 1.807) is 24.2 Å². The summed E-state index contributed by atoms with van der Waals surface area (Å²) in [6.07, 6.45) is 6.31. The van der Waals surface area contributed by atoms with Crippen LogP contribution in [0, 0.1) is 0 Å². The van der Waals surface area contributed by atoms with Crippen molar-refractivity contribution in [3.05, 3.63) is 18.1 Å². The van der Waals surface area contributed by atoms with Crippen molar-refractivity contribution in [3.8, 4) is 0 Å². The van der Waals surface area contributed by atoms with Crippen LogP contribution in [-0.4, -0.2) is 65.3 Å². The lowest BCUT2D eigenvalue weighted by atomic mass is 9.94. The van der Waals surface area contributed by atoms with Crippen LogP contribution in [0.4, 0.5) is 10.6 Å². The highest BCUT2D eigenvalue weighted by molar-refractivity contribution is 5.89. The molecule has 4 heterocycles. The standard InChI is InChI=1S/C18H24N4O4/c1-13(23)21-6-2-3-14(11-21)15-9-19-10-16(20-15)22-12-18(26-17(22)24)4-7-25-8-5-18/h9-10,14H,2-8,11-12H2,1H3. The summed E-state index contributed by atoms with van der Waals surface area (Å²) in [5.74, 6) is 0.759. The zero-order chi connectivity index (χ0) is 18.1. The fourth-order valence-corrected chi connectivity index (χ4v) is 4.01. The highest BCUT2D eigenvalue weighted by Gasteiger charge is 2.47. The first-order valence-corrected chi connectivity index (χ1v) is 9.22. The van der Waals surface area contributed by atoms with Crippen LogP contribution in [0.5, 0.6) is 0 Å². The van der Waals surface area contributed by atoms with Crippen LogP contribution in [0.1, 0.15) is 44.2 Å². The van der Waals surface area contributed by atoms with Gasteiger partial charge in [0.05, 0.1) is 31.6 Å². The lowest BCUT2D eigenvalue weighted by Gasteiger charge is -2.32. The second-order valence-electron chi connectivity index (χ2n) is 7.36. The molecule has 140 valence electrons. The molecule has 3 fully saturated rings. The normalized spacial score (nSPS) is 25.4. The molecule has 1 aromatic rings. The maximum atomic E-state index is 12.4. The van der Waals surface area contributed by atoms with E-state index in [0.717, 1.165) is 25.1 Å². The minimum atomic E-state index is -0.469. The summed E-state index contributed by atoms with van der Waals surface area (Å²) in [4.78, 5) is 36.5. The average molecular weight is 360 g/mol. The highest BCUT2D eigenvalue weighted by Crippen LogP contribution is 2.35. The van der Waals surface area contributed by atoms with E-state index in [1.807, 2.05) is 4.90 Å². The van der Waals surface area contributed by atoms with Crippen molar-refractivity contribution in [3.63, 3.8) is 0 Å². The Morgan fingerprint density at radius 2 is 2.12 bits per heavy atom. The fourth-order valence-electron chi connectivity index (χ4n) is 4.01. The Morgan fingerprint density at radius 3 is 2.88 bits per heavy atom. The molecule has 0 saturated carbocycles. The van der Waals surface area contributed by atoms with E-state index in [4.69, 9.17) is 14.5 Å². The van der Waals surface area contributed by atoms with Crippen molar-refractivity contribution >= 4 is 17.8 Å². The Labute approximate surface area is 152 Å². The number of hydrogen-bond donors (Lipinski definition) is 0. The number of hydrogen-bond acceptors (Lipinski definition) is 6. The van der Waals surface area contributed by atoms with Gasteiger partial charge in [-0.05, 0) is 12.8 Å². The molecular weight excluding hydrogens is 336 g/mol. The number of rotatable bonds is 2. The molecule has 0 radical (unpaired) electrons. The zero-order valence-electron chi connectivity index (χ0n) is 15.0. The predicted octanol–water partition coefficient (Wildman–Crippen LogP) is 1.71. The van der Waals surface area contributed by atoms with Crippen molar-refractivity contribution in [2.75, 3.05) is 37.7 Å². The number of carbonyl (C=O) groups is 2. The van der Waals surface area contributed by atoms with Crippen molar-refractivity contribution in [1.82, 2.24) is 14.9 Å². The van der Waals surface area contributed by atoms with Crippen molar-refractivity contribution in [2.24, 2.45) is 0 Å². The Bertz CT molecular complexity index is 704. The van der Waals surface area contributed by atoms with Gasteiger partial charge in [0.2, 0.25) is 5.91 Å². The molecule has 1 unspecified atom stereocenters. The van der Waals surface area contributed by atoms with Crippen LogP contribution >= 0.6 is 0 Å². The SMILES string of the molecule is CC(=O)N1CCCC(c2cncc(N3CC4(CCOCC4)OC3=O)n2)C1. The van der Waals surface area contributed by atoms with Crippen LogP contribution in [0.2, 0.25) is 0 Å². The molecule has 1 aromatic heterocycles. The van der Waals surface area contributed by atoms with Gasteiger partial charge in [-0.3, -0.25) is 14.7 Å². The van der Waals surface area contributed by atoms with Crippen molar-refractivity contribution < 1.29 is 19.1 Å². The van der Waals surface area contributed by atoms with Crippen molar-refractivity contribution in [1.29, 1.82) is 0 Å². The third kappa shape index (κ3) is 3.25. The van der Waals surface area contributed by atoms with Crippen molar-refractivity contribution in [2.45, 2.75) is 44.1 Å². The zero-order valence-corrected chi connectivity index (χ0v) is 15.0. The van der Waals surface area contributed by atoms with Crippen LogP contribution < -0.4 is 4.90 Å². The fraction of sp³-hybridized carbons (Fsp3) is 0.667. The summed E-state index contributed by atoms with van der Waals surface area (Å²) in [7, 11) is 0. The van der Waals surface area contributed by atoms with Crippen LogP contribution in [0.3, 0.4) is 0 Å². The Morgan fingerprint density at radius 1 is 1.31 bits per heavy atom. The van der Waals surface area contributed by atoms with Gasteiger partial charge in [0, 0.05) is 45.0 Å². The summed E-state index contributed by atoms with van der Waals surface area (Å²) < 4.78 is 11.1. The van der Waals surface area contributed by atoms with Gasteiger partial charge < -0.3 is 14.4 Å². The van der Waals surface area contributed by atoms with Crippen LogP contribution in [0.15, 0.2) is 12.4 Å². The molecule has 8 heteroatoms. The largest absolute Gasteiger partial charge is 0.440 e. The number of nitrogens with zero attached hydrogens (tertiary/aromatic N) is 4. The molecule has 0 aromatic carbocycles. The first-order valence-electron chi connectivity index (χ1n) is 9.22. The van der Waals surface area contributed by atoms with E-state index in [1.165, 1.54) is 0 Å². The maximum Gasteiger partial charge on any atom is 0.416 e. The van der Waals surface area contributed by atoms with Gasteiger partial charge >= 0.3 is 6.09 Å². The van der Waals surface area contributed by atoms with Gasteiger partial charge in [-0.2, -0.15) is 0 Å². The third-order valence-corrected chi connectivity index (χ3v) is 5.58. The molecular formula is C18H24N4O4. The van der Waals surface area contributed by atoms with E-state index in [9.17, 15) is 9.59 Å². The molecule has 3 aliphatic heterocycles. The van der Waals surface area contributed by atoms with E-state index in [2.05, 4.69) is 4.98 Å². The number of aromatic nitrogens is 2. The molecule has 0 aliphatic carbocycles. The molecule has 4 rings (SSSR count). The number of piperidine rings is 1. The molecule has 1 spiro atoms. The van der Waals surface area contributed by atoms with E-state index in [-0.39, 0.29) is 17.9 Å². The Hall–Kier alpha value is -2.22. The maximum absolute atomic E-state index is 12.4. The summed E-state index contributed by atoms with van der Waals surface area (Å²) in [5, 5.41) is 0. The molecule has 26 heavy (non-hydrogen) atoms. The molecule has 1 atom stereocenters. The number of carbonyl (C=O) groups excluding carboxylic acids is 2. The van der Waals surface area contributed by atoms with Gasteiger partial charge in [0.25, 0.3) is 0 Å². The first-order chi connectivity index (χ1) is 12.6. The second-order valence-corrected chi connectivity index (χ2v) is 7.36. The lowest BCUT2D eigenvalue weighted by Crippen LogP contribution is -2.40. The van der Waals surface area contributed by atoms with Gasteiger partial charge in [-0.25, -0.2) is 9.78 Å². The number of likely N-dealkylation sites (tertiary alicyclic amines) is 1. The smallest absolute Gasteiger partial charge is 0.416 e. The van der Waals surface area contributed by atoms with Gasteiger partial charge in [-0.1, -0.05) is 0 Å². The minimum absolute atomic E-state index is 0.0865. The lowest BCUT2D eigenvalue weighted by molar-refractivity contribution is -0.130. The monoisotopic (exact) mass is 360 g/mol. The topological polar surface area (TPSA) is 84.9 Å². The third-order valence-electron chi connectivity index (χ3n) is 5.58. The van der Waals surface area contributed by atoms with Gasteiger partial charge in [0.15, 0.2) is 5.82 Å². The molecule has 0 bridgehead atoms. The summed E-state index contributed by atoms with van der Waals surface area (Å²) >= 11 is 0. The van der Waals surface area contributed by atoms with Crippen LogP contribution in [0.25, 0.3) is 0 Å². The highest BCUT2D eigenvalue weighted by atomic mass is 16.6. The Balaban J connectivity index is 1.52. The first kappa shape index (κ1) is 17.2. The van der Waals surface area contributed by atoms with E-state index < -0.39 is 5.60 Å². The number of amides is 2. The van der Waals surface area contributed by atoms with Gasteiger partial charge in [-0.15, -0.1) is 0 Å². The number of anilines is 1. The average Bonchev–Trinajstić information content (AvgIpc) is 2.98. The van der Waals surface area contributed by atoms with Crippen LogP contribution in [-0.2, 0) is 14.3 Å². The molecule has 3 aliphatic rings. The number of ether oxygens (including phenoxy) is 2. The quantitative estimate of drug-likeness (QED) is 0.798. The predicted molar refractivity (Wildman–Crippen MR) is 92.9 cm³/mol. The summed E-state index contributed by atoms with van der Waals surface area (Å²) in [5.41, 5.74) is 0.359. The second kappa shape index (κ2) is 6.83. The molecule has 0 N–H and O–H groups in total. The molecule has 2 amide bonds. The minimum Gasteiger partial charge on any atom is -0.440 e. The molecule has 3 saturated heterocycles. The van der Waals surface area contributed by atoms with Gasteiger partial charge in [0.1, 0.15) is 5.60 Å².